The number of nitrogens with zero attached hydrogens (tertiary/aromatic N) is 3. The zero-order valence-electron chi connectivity index (χ0n) is 18.2. The second-order valence-electron chi connectivity index (χ2n) is 7.45. The van der Waals surface area contributed by atoms with Crippen LogP contribution in [0, 0.1) is 6.92 Å². The maximum atomic E-state index is 12.5. The van der Waals surface area contributed by atoms with Crippen molar-refractivity contribution in [2.24, 2.45) is 0 Å². The van der Waals surface area contributed by atoms with E-state index in [1.165, 1.54) is 0 Å². The van der Waals surface area contributed by atoms with Crippen LogP contribution >= 0.6 is 0 Å². The third-order valence-corrected chi connectivity index (χ3v) is 6.40. The lowest BCUT2D eigenvalue weighted by Crippen LogP contribution is -2.29. The summed E-state index contributed by atoms with van der Waals surface area (Å²) in [6.45, 7) is 1.97. The molecule has 0 aliphatic carbocycles. The van der Waals surface area contributed by atoms with E-state index in [1.807, 2.05) is 6.92 Å². The molecule has 4 aromatic rings. The van der Waals surface area contributed by atoms with Crippen molar-refractivity contribution < 1.29 is 31.4 Å². The van der Waals surface area contributed by atoms with E-state index in [0.29, 0.717) is 22.7 Å². The number of aromatic nitrogens is 3. The van der Waals surface area contributed by atoms with Crippen molar-refractivity contribution >= 4 is 21.5 Å². The summed E-state index contributed by atoms with van der Waals surface area (Å²) in [5, 5.41) is 17.6. The van der Waals surface area contributed by atoms with Gasteiger partial charge in [-0.3, -0.25) is 0 Å². The fourth-order valence-corrected chi connectivity index (χ4v) is 4.34. The number of aryl methyl sites for hydroxylation is 1. The molecular formula is C22H20F3N5O4S. The van der Waals surface area contributed by atoms with Crippen LogP contribution in [-0.4, -0.2) is 47.6 Å². The molecule has 2 aromatic carbocycles. The summed E-state index contributed by atoms with van der Waals surface area (Å²) in [5.74, 6) is 0.0654. The van der Waals surface area contributed by atoms with Gasteiger partial charge in [-0.15, -0.1) is 13.2 Å². The third kappa shape index (κ3) is 5.63. The maximum absolute atomic E-state index is 12.5. The zero-order valence-corrected chi connectivity index (χ0v) is 19.1. The van der Waals surface area contributed by atoms with Crippen LogP contribution in [0.1, 0.15) is 5.56 Å². The first kappa shape index (κ1) is 24.3. The van der Waals surface area contributed by atoms with Crippen LogP contribution in [0.2, 0.25) is 0 Å². The van der Waals surface area contributed by atoms with Gasteiger partial charge in [0.2, 0.25) is 10.0 Å². The number of para-hydroxylation sites is 1. The number of halogens is 3. The van der Waals surface area contributed by atoms with Crippen LogP contribution in [0.5, 0.6) is 11.5 Å². The van der Waals surface area contributed by atoms with Gasteiger partial charge in [0, 0.05) is 30.3 Å². The van der Waals surface area contributed by atoms with Gasteiger partial charge in [0.25, 0.3) is 0 Å². The highest BCUT2D eigenvalue weighted by Crippen LogP contribution is 2.30. The van der Waals surface area contributed by atoms with E-state index in [2.05, 4.69) is 24.9 Å². The number of hydrogen-bond acceptors (Lipinski definition) is 7. The van der Waals surface area contributed by atoms with Crippen molar-refractivity contribution in [2.75, 3.05) is 18.4 Å². The molecule has 0 bridgehead atoms. The van der Waals surface area contributed by atoms with Crippen molar-refractivity contribution in [1.29, 1.82) is 0 Å². The second-order valence-corrected chi connectivity index (χ2v) is 9.22. The molecule has 2 heterocycles. The summed E-state index contributed by atoms with van der Waals surface area (Å²) in [6, 6.07) is 12.3. The molecule has 0 unspecified atom stereocenters. The Bertz CT molecular complexity index is 1450. The number of nitrogens with one attached hydrogen (secondary N) is 2. The van der Waals surface area contributed by atoms with Gasteiger partial charge in [0.15, 0.2) is 5.65 Å². The number of benzene rings is 2. The molecule has 35 heavy (non-hydrogen) atoms. The molecule has 0 saturated heterocycles. The van der Waals surface area contributed by atoms with E-state index in [-0.39, 0.29) is 23.7 Å². The van der Waals surface area contributed by atoms with Gasteiger partial charge in [-0.05, 0) is 43.3 Å². The molecule has 2 aromatic heterocycles. The van der Waals surface area contributed by atoms with Crippen LogP contribution in [-0.2, 0) is 10.0 Å². The van der Waals surface area contributed by atoms with Gasteiger partial charge in [0.05, 0.1) is 16.8 Å². The van der Waals surface area contributed by atoms with E-state index in [1.54, 1.807) is 41.0 Å². The molecule has 0 saturated carbocycles. The fraction of sp³-hybridized carbons (Fsp3) is 0.182. The third-order valence-electron chi connectivity index (χ3n) is 4.92. The first-order valence-electron chi connectivity index (χ1n) is 10.3. The number of alkyl halides is 3. The van der Waals surface area contributed by atoms with Crippen molar-refractivity contribution in [3.63, 3.8) is 0 Å². The summed E-state index contributed by atoms with van der Waals surface area (Å²) in [7, 11) is -3.96. The van der Waals surface area contributed by atoms with E-state index in [4.69, 9.17) is 0 Å². The highest BCUT2D eigenvalue weighted by Gasteiger charge is 2.31. The molecule has 3 N–H and O–H groups in total. The van der Waals surface area contributed by atoms with Crippen molar-refractivity contribution in [2.45, 2.75) is 18.2 Å². The van der Waals surface area contributed by atoms with E-state index in [0.717, 1.165) is 29.8 Å². The molecule has 0 radical (unpaired) electrons. The summed E-state index contributed by atoms with van der Waals surface area (Å²) in [6.07, 6.45) is -3.23. The smallest absolute Gasteiger partial charge is 0.507 e. The molecular weight excluding hydrogens is 487 g/mol. The minimum absolute atomic E-state index is 0.0286. The number of phenols is 1. The SMILES string of the molecule is Cc1cnn2c(NCCNS(=O)(=O)c3ccc(OC(F)(F)F)cc3)cc(-c3ccccc3O)nc12. The average molecular weight is 507 g/mol. The van der Waals surface area contributed by atoms with Gasteiger partial charge in [-0.2, -0.15) is 9.61 Å². The lowest BCUT2D eigenvalue weighted by Gasteiger charge is -2.13. The van der Waals surface area contributed by atoms with Gasteiger partial charge in [-0.25, -0.2) is 18.1 Å². The Morgan fingerprint density at radius 1 is 1.09 bits per heavy atom. The molecule has 0 spiro atoms. The van der Waals surface area contributed by atoms with Crippen molar-refractivity contribution in [3.8, 4) is 22.8 Å². The quantitative estimate of drug-likeness (QED) is 0.311. The Balaban J connectivity index is 1.46. The van der Waals surface area contributed by atoms with Crippen molar-refractivity contribution in [3.05, 3.63) is 66.4 Å². The Morgan fingerprint density at radius 2 is 1.80 bits per heavy atom. The van der Waals surface area contributed by atoms with Crippen LogP contribution in [0.15, 0.2) is 65.7 Å². The predicted octanol–water partition coefficient (Wildman–Crippen LogP) is 3.70. The summed E-state index contributed by atoms with van der Waals surface area (Å²) in [5.41, 5.74) is 2.40. The molecule has 184 valence electrons. The fourth-order valence-electron chi connectivity index (χ4n) is 3.31. The monoisotopic (exact) mass is 507 g/mol. The summed E-state index contributed by atoms with van der Waals surface area (Å²) < 4.78 is 69.5. The van der Waals surface area contributed by atoms with Crippen LogP contribution in [0.4, 0.5) is 19.0 Å². The number of sulfonamides is 1. The first-order chi connectivity index (χ1) is 16.5. The number of fused-ring (bicyclic) bond motifs is 1. The standard InChI is InChI=1S/C22H20F3N5O4S/c1-14-13-27-30-20(12-18(29-21(14)30)17-4-2-3-5-19(17)31)26-10-11-28-35(32,33)16-8-6-15(7-9-16)34-22(23,24)25/h2-9,12-13,26,28,31H,10-11H2,1H3. The molecule has 0 aliphatic rings. The molecule has 9 nitrogen and oxygen atoms in total. The topological polar surface area (TPSA) is 118 Å². The Morgan fingerprint density at radius 3 is 2.49 bits per heavy atom. The van der Waals surface area contributed by atoms with Gasteiger partial charge < -0.3 is 15.2 Å². The van der Waals surface area contributed by atoms with Crippen LogP contribution in [0.3, 0.4) is 0 Å². The maximum Gasteiger partial charge on any atom is 0.573 e. The number of anilines is 1. The van der Waals surface area contributed by atoms with Crippen LogP contribution in [0.25, 0.3) is 16.9 Å². The van der Waals surface area contributed by atoms with E-state index >= 15 is 0 Å². The summed E-state index contributed by atoms with van der Waals surface area (Å²) in [4.78, 5) is 4.37. The average Bonchev–Trinajstić information content (AvgIpc) is 3.17. The normalized spacial score (nSPS) is 12.1. The highest BCUT2D eigenvalue weighted by molar-refractivity contribution is 7.89. The second kappa shape index (κ2) is 9.43. The molecule has 0 fully saturated rings. The lowest BCUT2D eigenvalue weighted by atomic mass is 10.1. The largest absolute Gasteiger partial charge is 0.573 e. The van der Waals surface area contributed by atoms with Crippen LogP contribution < -0.4 is 14.8 Å². The van der Waals surface area contributed by atoms with Crippen molar-refractivity contribution in [1.82, 2.24) is 19.3 Å². The molecule has 0 amide bonds. The molecule has 4 rings (SSSR count). The van der Waals surface area contributed by atoms with E-state index in [9.17, 15) is 26.7 Å². The zero-order chi connectivity index (χ0) is 25.2. The lowest BCUT2D eigenvalue weighted by molar-refractivity contribution is -0.274. The van der Waals surface area contributed by atoms with E-state index < -0.39 is 22.1 Å². The number of phenolic OH excluding ortho intramolecular Hbond substituents is 1. The first-order valence-corrected chi connectivity index (χ1v) is 11.7. The Hall–Kier alpha value is -3.84. The molecule has 13 heteroatoms. The number of ether oxygens (including phenoxy) is 1. The number of rotatable bonds is 8. The number of hydrogen-bond donors (Lipinski definition) is 3. The highest BCUT2D eigenvalue weighted by atomic mass is 32.2. The van der Waals surface area contributed by atoms with Gasteiger partial charge >= 0.3 is 6.36 Å². The number of aromatic hydroxyl groups is 1. The Kier molecular flexibility index (Phi) is 6.54. The molecule has 0 aliphatic heterocycles. The minimum Gasteiger partial charge on any atom is -0.507 e. The van der Waals surface area contributed by atoms with Gasteiger partial charge in [-0.1, -0.05) is 12.1 Å². The summed E-state index contributed by atoms with van der Waals surface area (Å²) >= 11 is 0. The predicted molar refractivity (Wildman–Crippen MR) is 122 cm³/mol. The van der Waals surface area contributed by atoms with Gasteiger partial charge in [0.1, 0.15) is 17.3 Å². The Labute approximate surface area is 198 Å². The molecule has 0 atom stereocenters. The minimum atomic E-state index is -4.87.